The second-order valence-electron chi connectivity index (χ2n) is 6.00. The van der Waals surface area contributed by atoms with Crippen molar-refractivity contribution in [2.24, 2.45) is 0 Å². The zero-order valence-corrected chi connectivity index (χ0v) is 13.9. The fourth-order valence-electron chi connectivity index (χ4n) is 2.78. The van der Waals surface area contributed by atoms with Crippen LogP contribution in [-0.2, 0) is 22.4 Å². The number of nitrogens with zero attached hydrogens (tertiary/aromatic N) is 2. The number of carbonyl (C=O) groups excluding carboxylic acids is 1. The maximum atomic E-state index is 12.3. The molecular formula is C17H18N4O4. The molecule has 0 aliphatic rings. The lowest BCUT2D eigenvalue weighted by atomic mass is 10.1. The summed E-state index contributed by atoms with van der Waals surface area (Å²) in [5.74, 6) is -1.54. The second kappa shape index (κ2) is 6.76. The van der Waals surface area contributed by atoms with Gasteiger partial charge in [0.25, 0.3) is 0 Å². The van der Waals surface area contributed by atoms with E-state index in [4.69, 9.17) is 4.52 Å². The van der Waals surface area contributed by atoms with Gasteiger partial charge in [-0.2, -0.15) is 0 Å². The Bertz CT molecular complexity index is 914. The van der Waals surface area contributed by atoms with Crippen molar-refractivity contribution in [2.75, 3.05) is 0 Å². The van der Waals surface area contributed by atoms with Gasteiger partial charge < -0.3 is 19.9 Å². The molecule has 0 aliphatic carbocycles. The van der Waals surface area contributed by atoms with Crippen molar-refractivity contribution >= 4 is 22.8 Å². The van der Waals surface area contributed by atoms with Crippen LogP contribution < -0.4 is 5.32 Å². The van der Waals surface area contributed by atoms with Crippen molar-refractivity contribution in [2.45, 2.75) is 32.7 Å². The number of aromatic nitrogens is 3. The number of aromatic amines is 1. The number of amides is 1. The molecule has 0 spiro atoms. The summed E-state index contributed by atoms with van der Waals surface area (Å²) < 4.78 is 5.31. The van der Waals surface area contributed by atoms with E-state index in [1.165, 1.54) is 12.5 Å². The summed E-state index contributed by atoms with van der Waals surface area (Å²) >= 11 is 0. The summed E-state index contributed by atoms with van der Waals surface area (Å²) in [4.78, 5) is 30.3. The fourth-order valence-corrected chi connectivity index (χ4v) is 2.78. The SMILES string of the molecule is Cc1cc(C)c2onc(CC(=O)NC(Cc3cnc[nH]3)C(=O)O)c2c1. The first-order valence-corrected chi connectivity index (χ1v) is 7.79. The van der Waals surface area contributed by atoms with Crippen LogP contribution in [0, 0.1) is 13.8 Å². The van der Waals surface area contributed by atoms with Gasteiger partial charge in [-0.25, -0.2) is 9.78 Å². The normalized spacial score (nSPS) is 12.2. The summed E-state index contributed by atoms with van der Waals surface area (Å²) in [6.45, 7) is 3.86. The number of benzene rings is 1. The number of fused-ring (bicyclic) bond motifs is 1. The van der Waals surface area contributed by atoms with Crippen LogP contribution >= 0.6 is 0 Å². The van der Waals surface area contributed by atoms with Crippen LogP contribution in [0.15, 0.2) is 29.2 Å². The molecule has 0 saturated heterocycles. The molecule has 3 rings (SSSR count). The van der Waals surface area contributed by atoms with Gasteiger partial charge in [-0.1, -0.05) is 11.2 Å². The predicted molar refractivity (Wildman–Crippen MR) is 89.0 cm³/mol. The molecule has 3 aromatic rings. The van der Waals surface area contributed by atoms with E-state index >= 15 is 0 Å². The summed E-state index contributed by atoms with van der Waals surface area (Å²) in [6, 6.07) is 2.83. The molecule has 8 nitrogen and oxygen atoms in total. The van der Waals surface area contributed by atoms with Crippen molar-refractivity contribution < 1.29 is 19.2 Å². The number of aliphatic carboxylic acids is 1. The molecule has 25 heavy (non-hydrogen) atoms. The van der Waals surface area contributed by atoms with Crippen molar-refractivity contribution in [3.8, 4) is 0 Å². The molecule has 2 heterocycles. The van der Waals surface area contributed by atoms with Crippen molar-refractivity contribution in [3.05, 3.63) is 47.2 Å². The lowest BCUT2D eigenvalue weighted by Gasteiger charge is -2.13. The standard InChI is InChI=1S/C17H18N4O4/c1-9-3-10(2)16-12(4-9)13(21-25-16)6-15(22)20-14(17(23)24)5-11-7-18-8-19-11/h3-4,7-8,14H,5-6H2,1-2H3,(H,18,19)(H,20,22)(H,23,24). The number of H-pyrrole nitrogens is 1. The minimum atomic E-state index is -1.11. The molecule has 0 fully saturated rings. The Morgan fingerprint density at radius 1 is 1.36 bits per heavy atom. The highest BCUT2D eigenvalue weighted by Gasteiger charge is 2.22. The number of carbonyl (C=O) groups is 2. The number of carboxylic acid groups (broad SMARTS) is 1. The third-order valence-electron chi connectivity index (χ3n) is 3.92. The van der Waals surface area contributed by atoms with Crippen LogP contribution in [0.1, 0.15) is 22.5 Å². The number of imidazole rings is 1. The Kier molecular flexibility index (Phi) is 4.51. The zero-order valence-electron chi connectivity index (χ0n) is 13.9. The Hall–Kier alpha value is -3.16. The summed E-state index contributed by atoms with van der Waals surface area (Å²) in [5, 5.41) is 16.6. The first kappa shape index (κ1) is 16.7. The Labute approximate surface area is 143 Å². The van der Waals surface area contributed by atoms with E-state index in [9.17, 15) is 14.7 Å². The second-order valence-corrected chi connectivity index (χ2v) is 6.00. The summed E-state index contributed by atoms with van der Waals surface area (Å²) in [5.41, 5.74) is 3.74. The largest absolute Gasteiger partial charge is 0.480 e. The average molecular weight is 342 g/mol. The van der Waals surface area contributed by atoms with Gasteiger partial charge in [-0.15, -0.1) is 0 Å². The van der Waals surface area contributed by atoms with Gasteiger partial charge in [0.15, 0.2) is 5.58 Å². The van der Waals surface area contributed by atoms with E-state index in [1.807, 2.05) is 26.0 Å². The highest BCUT2D eigenvalue weighted by molar-refractivity contribution is 5.90. The average Bonchev–Trinajstić information content (AvgIpc) is 3.17. The first-order valence-electron chi connectivity index (χ1n) is 7.79. The smallest absolute Gasteiger partial charge is 0.326 e. The summed E-state index contributed by atoms with van der Waals surface area (Å²) in [7, 11) is 0. The van der Waals surface area contributed by atoms with Crippen LogP contribution in [0.2, 0.25) is 0 Å². The molecule has 1 unspecified atom stereocenters. The third kappa shape index (κ3) is 3.68. The summed E-state index contributed by atoms with van der Waals surface area (Å²) in [6.07, 6.45) is 3.06. The van der Waals surface area contributed by atoms with Gasteiger partial charge in [-0.05, 0) is 31.0 Å². The number of hydrogen-bond acceptors (Lipinski definition) is 5. The van der Waals surface area contributed by atoms with Gasteiger partial charge >= 0.3 is 5.97 Å². The van der Waals surface area contributed by atoms with E-state index in [1.54, 1.807) is 0 Å². The lowest BCUT2D eigenvalue weighted by Crippen LogP contribution is -2.43. The molecule has 2 aromatic heterocycles. The van der Waals surface area contributed by atoms with Crippen LogP contribution in [0.25, 0.3) is 11.0 Å². The number of nitrogens with one attached hydrogen (secondary N) is 2. The first-order chi connectivity index (χ1) is 11.9. The molecule has 3 N–H and O–H groups in total. The zero-order chi connectivity index (χ0) is 18.0. The van der Waals surface area contributed by atoms with Gasteiger partial charge in [0.1, 0.15) is 11.7 Å². The maximum absolute atomic E-state index is 12.3. The number of aryl methyl sites for hydroxylation is 2. The van der Waals surface area contributed by atoms with E-state index in [0.29, 0.717) is 17.0 Å². The van der Waals surface area contributed by atoms with Crippen molar-refractivity contribution in [3.63, 3.8) is 0 Å². The van der Waals surface area contributed by atoms with Gasteiger partial charge in [0.2, 0.25) is 5.91 Å². The van der Waals surface area contributed by atoms with Gasteiger partial charge in [0, 0.05) is 23.7 Å². The Balaban J connectivity index is 1.74. The minimum Gasteiger partial charge on any atom is -0.480 e. The predicted octanol–water partition coefficient (Wildman–Crippen LogP) is 1.52. The van der Waals surface area contributed by atoms with Gasteiger partial charge in [-0.3, -0.25) is 4.79 Å². The van der Waals surface area contributed by atoms with E-state index in [0.717, 1.165) is 16.5 Å². The Morgan fingerprint density at radius 2 is 2.16 bits per heavy atom. The molecule has 1 atom stereocenters. The Morgan fingerprint density at radius 3 is 2.84 bits per heavy atom. The monoisotopic (exact) mass is 342 g/mol. The maximum Gasteiger partial charge on any atom is 0.326 e. The molecule has 0 saturated carbocycles. The van der Waals surface area contributed by atoms with Crippen LogP contribution in [0.5, 0.6) is 0 Å². The lowest BCUT2D eigenvalue weighted by molar-refractivity contribution is -0.141. The minimum absolute atomic E-state index is 0.0529. The molecule has 0 aliphatic heterocycles. The highest BCUT2D eigenvalue weighted by Crippen LogP contribution is 2.24. The number of carboxylic acids is 1. The molecular weight excluding hydrogens is 324 g/mol. The van der Waals surface area contributed by atoms with Crippen molar-refractivity contribution in [1.82, 2.24) is 20.4 Å². The van der Waals surface area contributed by atoms with Crippen LogP contribution in [0.4, 0.5) is 0 Å². The van der Waals surface area contributed by atoms with E-state index in [-0.39, 0.29) is 12.8 Å². The molecule has 130 valence electrons. The molecule has 1 aromatic carbocycles. The molecule has 8 heteroatoms. The topological polar surface area (TPSA) is 121 Å². The number of rotatable bonds is 6. The quantitative estimate of drug-likeness (QED) is 0.624. The molecule has 0 bridgehead atoms. The van der Waals surface area contributed by atoms with Gasteiger partial charge in [0.05, 0.1) is 12.7 Å². The third-order valence-corrected chi connectivity index (χ3v) is 3.92. The van der Waals surface area contributed by atoms with Crippen LogP contribution in [0.3, 0.4) is 0 Å². The van der Waals surface area contributed by atoms with Crippen LogP contribution in [-0.4, -0.2) is 38.1 Å². The highest BCUT2D eigenvalue weighted by atomic mass is 16.5. The van der Waals surface area contributed by atoms with Crippen molar-refractivity contribution in [1.29, 1.82) is 0 Å². The van der Waals surface area contributed by atoms with E-state index < -0.39 is 17.9 Å². The molecule has 0 radical (unpaired) electrons. The van der Waals surface area contributed by atoms with E-state index in [2.05, 4.69) is 20.4 Å². The number of hydrogen-bond donors (Lipinski definition) is 3. The molecule has 1 amide bonds. The fraction of sp³-hybridized carbons (Fsp3) is 0.294.